The number of ether oxygens (including phenoxy) is 3. The van der Waals surface area contributed by atoms with Gasteiger partial charge >= 0.3 is 6.09 Å². The molecule has 1 aromatic rings. The molecule has 0 aliphatic carbocycles. The first-order chi connectivity index (χ1) is 21.7. The number of halogens is 1. The number of hydrogen-bond donors (Lipinski definition) is 3. The van der Waals surface area contributed by atoms with Crippen LogP contribution in [0.2, 0.25) is 0 Å². The van der Waals surface area contributed by atoms with E-state index in [1.165, 1.54) is 0 Å². The molecule has 12 nitrogen and oxygen atoms in total. The molecule has 2 aliphatic heterocycles. The summed E-state index contributed by atoms with van der Waals surface area (Å²) < 4.78 is 18.3. The van der Waals surface area contributed by atoms with Crippen LogP contribution in [0.1, 0.15) is 97.0 Å². The van der Waals surface area contributed by atoms with Crippen LogP contribution in [-0.2, 0) is 30.4 Å². The van der Waals surface area contributed by atoms with E-state index in [-0.39, 0.29) is 43.7 Å². The number of nitrogens with zero attached hydrogens (tertiary/aromatic N) is 3. The first-order valence-electron chi connectivity index (χ1n) is 16.6. The van der Waals surface area contributed by atoms with Crippen LogP contribution >= 0.6 is 12.4 Å². The lowest BCUT2D eigenvalue weighted by Crippen LogP contribution is -2.69. The van der Waals surface area contributed by atoms with Gasteiger partial charge in [0.1, 0.15) is 12.6 Å². The van der Waals surface area contributed by atoms with E-state index in [2.05, 4.69) is 24.2 Å². The summed E-state index contributed by atoms with van der Waals surface area (Å²) in [6, 6.07) is 7.70. The summed E-state index contributed by atoms with van der Waals surface area (Å²) in [6.45, 7) is 8.25. The SMILES string of the molecule is CCCCOC(OCCCC)[C@H](CCCN=C(N)N)N(C(=O)[C@H]1CCC(=O)N1C(=O)OCc1ccccc1)C1(C)CCCCN1.Cl. The average Bonchev–Trinajstić information content (AvgIpc) is 3.42. The minimum absolute atomic E-state index is 0. The summed E-state index contributed by atoms with van der Waals surface area (Å²) in [7, 11) is 0. The number of amides is 3. The molecule has 1 unspecified atom stereocenters. The fourth-order valence-corrected chi connectivity index (χ4v) is 5.97. The molecule has 3 atom stereocenters. The summed E-state index contributed by atoms with van der Waals surface area (Å²) >= 11 is 0. The van der Waals surface area contributed by atoms with E-state index in [1.807, 2.05) is 42.2 Å². The van der Waals surface area contributed by atoms with Crippen molar-refractivity contribution in [2.75, 3.05) is 26.3 Å². The van der Waals surface area contributed by atoms with Crippen molar-refractivity contribution in [1.29, 1.82) is 0 Å². The van der Waals surface area contributed by atoms with Crippen molar-refractivity contribution < 1.29 is 28.6 Å². The highest BCUT2D eigenvalue weighted by molar-refractivity contribution is 6.00. The van der Waals surface area contributed by atoms with Crippen molar-refractivity contribution in [3.8, 4) is 0 Å². The van der Waals surface area contributed by atoms with Gasteiger partial charge in [-0.15, -0.1) is 12.4 Å². The van der Waals surface area contributed by atoms with Crippen molar-refractivity contribution in [1.82, 2.24) is 15.1 Å². The average molecular weight is 667 g/mol. The number of aliphatic imine (C=N–C) groups is 1. The number of benzene rings is 1. The maximum atomic E-state index is 14.8. The van der Waals surface area contributed by atoms with Gasteiger partial charge in [0, 0.05) is 26.2 Å². The second-order valence-electron chi connectivity index (χ2n) is 12.1. The Labute approximate surface area is 280 Å². The predicted molar refractivity (Wildman–Crippen MR) is 180 cm³/mol. The molecule has 2 fully saturated rings. The molecule has 0 saturated carbocycles. The normalized spacial score (nSPS) is 20.2. The summed E-state index contributed by atoms with van der Waals surface area (Å²) in [6.07, 6.45) is 5.98. The Bertz CT molecular complexity index is 1090. The number of rotatable bonds is 18. The van der Waals surface area contributed by atoms with Gasteiger partial charge in [-0.3, -0.25) is 19.9 Å². The maximum absolute atomic E-state index is 14.8. The van der Waals surface area contributed by atoms with E-state index in [9.17, 15) is 14.4 Å². The van der Waals surface area contributed by atoms with Crippen molar-refractivity contribution >= 4 is 36.3 Å². The van der Waals surface area contributed by atoms with Gasteiger partial charge in [-0.2, -0.15) is 0 Å². The molecule has 5 N–H and O–H groups in total. The van der Waals surface area contributed by atoms with E-state index < -0.39 is 36.0 Å². The van der Waals surface area contributed by atoms with Gasteiger partial charge in [-0.05, 0) is 70.4 Å². The Balaban J connectivity index is 0.00000736. The fraction of sp³-hybridized carbons (Fsp3) is 0.697. The third-order valence-electron chi connectivity index (χ3n) is 8.42. The number of piperidine rings is 1. The number of carbonyl (C=O) groups is 3. The first kappa shape index (κ1) is 39.2. The Morgan fingerprint density at radius 3 is 2.35 bits per heavy atom. The highest BCUT2D eigenvalue weighted by Gasteiger charge is 2.50. The molecule has 3 amide bonds. The van der Waals surface area contributed by atoms with Gasteiger partial charge in [0.15, 0.2) is 12.2 Å². The number of imide groups is 1. The van der Waals surface area contributed by atoms with E-state index in [0.29, 0.717) is 39.0 Å². The summed E-state index contributed by atoms with van der Waals surface area (Å²) in [5.74, 6) is -0.749. The van der Waals surface area contributed by atoms with Gasteiger partial charge in [-0.25, -0.2) is 9.69 Å². The van der Waals surface area contributed by atoms with Gasteiger partial charge < -0.3 is 30.6 Å². The monoisotopic (exact) mass is 666 g/mol. The topological polar surface area (TPSA) is 162 Å². The van der Waals surface area contributed by atoms with Crippen LogP contribution < -0.4 is 16.8 Å². The number of nitrogens with one attached hydrogen (secondary N) is 1. The highest BCUT2D eigenvalue weighted by atomic mass is 35.5. The van der Waals surface area contributed by atoms with Crippen LogP contribution in [0.5, 0.6) is 0 Å². The van der Waals surface area contributed by atoms with Crippen molar-refractivity contribution in [2.24, 2.45) is 16.5 Å². The van der Waals surface area contributed by atoms with Crippen LogP contribution in [0.15, 0.2) is 35.3 Å². The van der Waals surface area contributed by atoms with Crippen molar-refractivity contribution in [3.63, 3.8) is 0 Å². The minimum Gasteiger partial charge on any atom is -0.444 e. The lowest BCUT2D eigenvalue weighted by atomic mass is 9.93. The molecule has 46 heavy (non-hydrogen) atoms. The molecular formula is C33H55ClN6O6. The zero-order valence-corrected chi connectivity index (χ0v) is 28.6. The molecule has 13 heteroatoms. The Kier molecular flexibility index (Phi) is 17.4. The number of nitrogens with two attached hydrogens (primary N) is 2. The zero-order valence-electron chi connectivity index (χ0n) is 27.8. The van der Waals surface area contributed by atoms with E-state index in [0.717, 1.165) is 55.5 Å². The Morgan fingerprint density at radius 1 is 1.09 bits per heavy atom. The van der Waals surface area contributed by atoms with Crippen LogP contribution in [0.4, 0.5) is 4.79 Å². The highest BCUT2D eigenvalue weighted by Crippen LogP contribution is 2.33. The number of hydrogen-bond acceptors (Lipinski definition) is 8. The Morgan fingerprint density at radius 2 is 1.76 bits per heavy atom. The van der Waals surface area contributed by atoms with Gasteiger partial charge in [0.25, 0.3) is 0 Å². The molecule has 1 aromatic carbocycles. The van der Waals surface area contributed by atoms with Crippen molar-refractivity contribution in [2.45, 2.75) is 122 Å². The van der Waals surface area contributed by atoms with Crippen molar-refractivity contribution in [3.05, 3.63) is 35.9 Å². The molecule has 0 radical (unpaired) electrons. The summed E-state index contributed by atoms with van der Waals surface area (Å²) in [5, 5.41) is 3.59. The smallest absolute Gasteiger partial charge is 0.417 e. The molecule has 2 heterocycles. The van der Waals surface area contributed by atoms with E-state index >= 15 is 0 Å². The largest absolute Gasteiger partial charge is 0.444 e. The van der Waals surface area contributed by atoms with Crippen LogP contribution in [0, 0.1) is 0 Å². The summed E-state index contributed by atoms with van der Waals surface area (Å²) in [5.41, 5.74) is 11.2. The van der Waals surface area contributed by atoms with Gasteiger partial charge in [0.2, 0.25) is 11.8 Å². The standard InChI is InChI=1S/C33H54N6O6.ClH/c1-4-6-22-43-30(44-23-7-5-2)27(16-13-20-36-31(34)35)39(33(3)19-11-12-21-37-33)29(41)26-17-18-28(40)38(26)32(42)45-24-25-14-9-8-10-15-25;/h8-10,14-15,26-27,30,37H,4-7,11-13,16-24H2,1-3H3,(H4,34,35,36);1H/t26-,27+,33?;/m1./s1. The lowest BCUT2D eigenvalue weighted by Gasteiger charge is -2.51. The molecule has 3 rings (SSSR count). The molecule has 260 valence electrons. The Hall–Kier alpha value is -2.93. The molecule has 2 aliphatic rings. The van der Waals surface area contributed by atoms with Gasteiger partial charge in [-0.1, -0.05) is 57.0 Å². The third kappa shape index (κ3) is 11.4. The number of guanidine groups is 1. The quantitative estimate of drug-likeness (QED) is 0.0890. The molecule has 0 spiro atoms. The maximum Gasteiger partial charge on any atom is 0.417 e. The lowest BCUT2D eigenvalue weighted by molar-refractivity contribution is -0.202. The molecule has 0 aromatic heterocycles. The van der Waals surface area contributed by atoms with Crippen LogP contribution in [0.3, 0.4) is 0 Å². The first-order valence-corrected chi connectivity index (χ1v) is 16.6. The van der Waals surface area contributed by atoms with Gasteiger partial charge in [0.05, 0.1) is 11.7 Å². The fourth-order valence-electron chi connectivity index (χ4n) is 5.97. The minimum atomic E-state index is -1.01. The predicted octanol–water partition coefficient (Wildman–Crippen LogP) is 4.44. The summed E-state index contributed by atoms with van der Waals surface area (Å²) in [4.78, 5) is 48.3. The second-order valence-corrected chi connectivity index (χ2v) is 12.1. The molecular weight excluding hydrogens is 612 g/mol. The second kappa shape index (κ2) is 20.3. The number of unbranched alkanes of at least 4 members (excludes halogenated alkanes) is 2. The van der Waals surface area contributed by atoms with E-state index in [4.69, 9.17) is 25.7 Å². The zero-order chi connectivity index (χ0) is 32.7. The van der Waals surface area contributed by atoms with Crippen LogP contribution in [0.25, 0.3) is 0 Å². The number of likely N-dealkylation sites (tertiary alicyclic amines) is 1. The number of carbonyl (C=O) groups excluding carboxylic acids is 3. The third-order valence-corrected chi connectivity index (χ3v) is 8.42. The molecule has 2 saturated heterocycles. The van der Waals surface area contributed by atoms with Crippen LogP contribution in [-0.4, -0.2) is 84.0 Å². The van der Waals surface area contributed by atoms with E-state index in [1.54, 1.807) is 0 Å². The molecule has 0 bridgehead atoms.